The third-order valence-electron chi connectivity index (χ3n) is 7.48. The van der Waals surface area contributed by atoms with Crippen molar-refractivity contribution < 1.29 is 0 Å². The van der Waals surface area contributed by atoms with Crippen LogP contribution in [0.4, 0.5) is 0 Å². The minimum absolute atomic E-state index is 0.660. The third kappa shape index (κ3) is 3.80. The van der Waals surface area contributed by atoms with Crippen molar-refractivity contribution in [3.63, 3.8) is 0 Å². The molecule has 0 saturated heterocycles. The first-order valence-corrected chi connectivity index (χ1v) is 10.0. The van der Waals surface area contributed by atoms with Crippen LogP contribution >= 0.6 is 0 Å². The Morgan fingerprint density at radius 3 is 2.59 bits per heavy atom. The van der Waals surface area contributed by atoms with Gasteiger partial charge < -0.3 is 0 Å². The smallest absolute Gasteiger partial charge is 0.0264 e. The van der Waals surface area contributed by atoms with E-state index < -0.39 is 0 Å². The summed E-state index contributed by atoms with van der Waals surface area (Å²) >= 11 is 0. The number of rotatable bonds is 7. The van der Waals surface area contributed by atoms with Gasteiger partial charge in [-0.1, -0.05) is 59.0 Å². The number of hydrogen-bond acceptors (Lipinski definition) is 0. The van der Waals surface area contributed by atoms with Crippen LogP contribution < -0.4 is 0 Å². The predicted molar refractivity (Wildman–Crippen MR) is 98.9 cm³/mol. The van der Waals surface area contributed by atoms with Crippen LogP contribution in [0.2, 0.25) is 0 Å². The van der Waals surface area contributed by atoms with E-state index in [9.17, 15) is 0 Å². The molecule has 22 heavy (non-hydrogen) atoms. The number of fused-ring (bicyclic) bond motifs is 1. The van der Waals surface area contributed by atoms with Crippen molar-refractivity contribution >= 4 is 0 Å². The van der Waals surface area contributed by atoms with Gasteiger partial charge in [0.1, 0.15) is 0 Å². The van der Waals surface area contributed by atoms with Crippen molar-refractivity contribution in [3.8, 4) is 0 Å². The molecular formula is C22H40. The van der Waals surface area contributed by atoms with Gasteiger partial charge in [0.05, 0.1) is 0 Å². The maximum atomic E-state index is 4.12. The van der Waals surface area contributed by atoms with Crippen LogP contribution in [-0.2, 0) is 0 Å². The molecule has 2 saturated carbocycles. The molecule has 128 valence electrons. The Morgan fingerprint density at radius 1 is 1.23 bits per heavy atom. The topological polar surface area (TPSA) is 0 Å². The van der Waals surface area contributed by atoms with Crippen molar-refractivity contribution in [1.82, 2.24) is 0 Å². The van der Waals surface area contributed by atoms with Gasteiger partial charge in [-0.3, -0.25) is 0 Å². The van der Waals surface area contributed by atoms with E-state index in [1.165, 1.54) is 63.4 Å². The first-order chi connectivity index (χ1) is 10.4. The summed E-state index contributed by atoms with van der Waals surface area (Å²) in [6.45, 7) is 16.4. The average molecular weight is 305 g/mol. The highest BCUT2D eigenvalue weighted by Gasteiger charge is 2.51. The fraction of sp³-hybridized carbons (Fsp3) is 0.909. The zero-order valence-electron chi connectivity index (χ0n) is 16.0. The van der Waals surface area contributed by atoms with Crippen LogP contribution in [0.5, 0.6) is 0 Å². The fourth-order valence-electron chi connectivity index (χ4n) is 6.18. The molecule has 0 aromatic rings. The van der Waals surface area contributed by atoms with Gasteiger partial charge in [0.15, 0.2) is 0 Å². The Labute approximate surface area is 140 Å². The molecule has 6 atom stereocenters. The summed E-state index contributed by atoms with van der Waals surface area (Å²) in [5, 5.41) is 0. The molecule has 0 nitrogen and oxygen atoms in total. The molecule has 0 aromatic heterocycles. The number of allylic oxidation sites excluding steroid dienone is 1. The molecule has 2 aliphatic carbocycles. The lowest BCUT2D eigenvalue weighted by atomic mass is 9.59. The molecule has 0 amide bonds. The van der Waals surface area contributed by atoms with Crippen molar-refractivity contribution in [2.75, 3.05) is 0 Å². The monoisotopic (exact) mass is 304 g/mol. The lowest BCUT2D eigenvalue weighted by Gasteiger charge is -2.46. The van der Waals surface area contributed by atoms with Crippen molar-refractivity contribution in [3.05, 3.63) is 12.2 Å². The maximum absolute atomic E-state index is 4.12. The molecule has 0 bridgehead atoms. The largest absolute Gasteiger partial charge is 0.100 e. The van der Waals surface area contributed by atoms with Gasteiger partial charge in [-0.15, -0.1) is 6.58 Å². The highest BCUT2D eigenvalue weighted by Crippen LogP contribution is 2.59. The van der Waals surface area contributed by atoms with E-state index in [1.807, 2.05) is 0 Å². The highest BCUT2D eigenvalue weighted by atomic mass is 14.6. The minimum atomic E-state index is 0.660. The van der Waals surface area contributed by atoms with Crippen LogP contribution in [0.25, 0.3) is 0 Å². The quantitative estimate of drug-likeness (QED) is 0.434. The molecule has 2 rings (SSSR count). The summed E-state index contributed by atoms with van der Waals surface area (Å²) in [6, 6.07) is 0. The van der Waals surface area contributed by atoms with Crippen LogP contribution in [0.15, 0.2) is 12.2 Å². The van der Waals surface area contributed by atoms with Gasteiger partial charge in [0.2, 0.25) is 0 Å². The van der Waals surface area contributed by atoms with Crippen LogP contribution in [0, 0.1) is 35.0 Å². The van der Waals surface area contributed by atoms with E-state index in [2.05, 4.69) is 41.2 Å². The summed E-state index contributed by atoms with van der Waals surface area (Å²) in [5.41, 5.74) is 2.03. The summed E-state index contributed by atoms with van der Waals surface area (Å²) in [5.74, 6) is 4.77. The average Bonchev–Trinajstić information content (AvgIpc) is 2.81. The molecule has 3 unspecified atom stereocenters. The second-order valence-corrected chi connectivity index (χ2v) is 9.16. The Morgan fingerprint density at radius 2 is 1.95 bits per heavy atom. The van der Waals surface area contributed by atoms with Crippen molar-refractivity contribution in [2.45, 2.75) is 92.4 Å². The molecule has 0 spiro atoms. The summed E-state index contributed by atoms with van der Waals surface area (Å²) in [4.78, 5) is 0. The van der Waals surface area contributed by atoms with E-state index in [0.29, 0.717) is 5.41 Å². The zero-order chi connectivity index (χ0) is 16.3. The zero-order valence-corrected chi connectivity index (χ0v) is 16.0. The fourth-order valence-corrected chi connectivity index (χ4v) is 6.18. The molecule has 2 fully saturated rings. The van der Waals surface area contributed by atoms with E-state index in [-0.39, 0.29) is 0 Å². The molecule has 0 aliphatic heterocycles. The Balaban J connectivity index is 1.92. The second-order valence-electron chi connectivity index (χ2n) is 9.16. The Kier molecular flexibility index (Phi) is 6.20. The Bertz CT molecular complexity index is 368. The van der Waals surface area contributed by atoms with Gasteiger partial charge >= 0.3 is 0 Å². The van der Waals surface area contributed by atoms with E-state index >= 15 is 0 Å². The molecule has 0 radical (unpaired) electrons. The van der Waals surface area contributed by atoms with Gasteiger partial charge in [0.25, 0.3) is 0 Å². The van der Waals surface area contributed by atoms with Crippen LogP contribution in [0.1, 0.15) is 92.4 Å². The first-order valence-electron chi connectivity index (χ1n) is 10.0. The number of hydrogen-bond donors (Lipinski definition) is 0. The molecule has 0 N–H and O–H groups in total. The SMILES string of the molecule is C=C(C)CC(CC)CCC(C)[C@H]1CCC2[C@@H](C)CCC[C@@]21C. The van der Waals surface area contributed by atoms with Gasteiger partial charge in [0, 0.05) is 0 Å². The summed E-state index contributed by atoms with van der Waals surface area (Å²) in [7, 11) is 0. The lowest BCUT2D eigenvalue weighted by molar-refractivity contribution is 0.0338. The van der Waals surface area contributed by atoms with Crippen molar-refractivity contribution in [1.29, 1.82) is 0 Å². The standard InChI is InChI=1S/C22H40/c1-7-19(15-16(2)3)11-10-18(5)21-13-12-20-17(4)9-8-14-22(20,21)6/h17-21H,2,7-15H2,1,3-6H3/t17-,18?,19?,20?,21+,22-/m0/s1. The van der Waals surface area contributed by atoms with Gasteiger partial charge in [-0.2, -0.15) is 0 Å². The van der Waals surface area contributed by atoms with Crippen LogP contribution in [0.3, 0.4) is 0 Å². The van der Waals surface area contributed by atoms with Gasteiger partial charge in [-0.05, 0) is 74.0 Å². The molecule has 0 aromatic carbocycles. The van der Waals surface area contributed by atoms with Crippen molar-refractivity contribution in [2.24, 2.45) is 35.0 Å². The maximum Gasteiger partial charge on any atom is -0.0264 e. The normalized spacial score (nSPS) is 37.6. The predicted octanol–water partition coefficient (Wildman–Crippen LogP) is 7.25. The molecule has 0 heteroatoms. The Hall–Kier alpha value is -0.260. The molecule has 2 aliphatic rings. The van der Waals surface area contributed by atoms with E-state index in [0.717, 1.165) is 29.6 Å². The highest BCUT2D eigenvalue weighted by molar-refractivity contribution is 5.00. The summed E-state index contributed by atoms with van der Waals surface area (Å²) in [6.07, 6.45) is 12.9. The van der Waals surface area contributed by atoms with E-state index in [4.69, 9.17) is 0 Å². The van der Waals surface area contributed by atoms with Crippen LogP contribution in [-0.4, -0.2) is 0 Å². The third-order valence-corrected chi connectivity index (χ3v) is 7.48. The van der Waals surface area contributed by atoms with Gasteiger partial charge in [-0.25, -0.2) is 0 Å². The molecule has 0 heterocycles. The lowest BCUT2D eigenvalue weighted by Crippen LogP contribution is -2.38. The first kappa shape index (κ1) is 18.1. The summed E-state index contributed by atoms with van der Waals surface area (Å²) < 4.78 is 0. The molecular weight excluding hydrogens is 264 g/mol. The minimum Gasteiger partial charge on any atom is -0.100 e. The van der Waals surface area contributed by atoms with E-state index in [1.54, 1.807) is 0 Å². The second kappa shape index (κ2) is 7.54.